The van der Waals surface area contributed by atoms with Gasteiger partial charge in [-0.15, -0.1) is 0 Å². The maximum Gasteiger partial charge on any atom is 0.408 e. The molecule has 6 nitrogen and oxygen atoms in total. The number of hydrogen-bond acceptors (Lipinski definition) is 4. The zero-order chi connectivity index (χ0) is 17.9. The number of nitriles is 1. The molecule has 0 saturated heterocycles. The van der Waals surface area contributed by atoms with Crippen LogP contribution in [0.3, 0.4) is 0 Å². The van der Waals surface area contributed by atoms with E-state index in [0.717, 1.165) is 18.4 Å². The molecule has 0 radical (unpaired) electrons. The van der Waals surface area contributed by atoms with E-state index in [0.29, 0.717) is 23.6 Å². The molecule has 1 heterocycles. The summed E-state index contributed by atoms with van der Waals surface area (Å²) in [4.78, 5) is 21.7. The zero-order valence-electron chi connectivity index (χ0n) is 13.5. The molecule has 0 aliphatic heterocycles. The highest BCUT2D eigenvalue weighted by atomic mass is 35.5. The number of aromatic nitrogens is 2. The van der Waals surface area contributed by atoms with E-state index in [1.165, 1.54) is 11.1 Å². The molecular weight excluding hydrogens is 340 g/mol. The molecule has 1 amide bonds. The van der Waals surface area contributed by atoms with Crippen LogP contribution in [0.1, 0.15) is 42.8 Å². The first-order chi connectivity index (χ1) is 12.0. The standard InChI is InChI=1S/C18H17ClN4O2/c19-14-5-3-4-13(10-14)12-23(17(24)25)18(7-1-2-8-18)15-6-9-21-16(11-20)22-15/h3-6,9-10H,1-2,7-8,12H2,(H,24,25). The fourth-order valence-corrected chi connectivity index (χ4v) is 3.73. The van der Waals surface area contributed by atoms with Crippen molar-refractivity contribution in [3.05, 3.63) is 58.6 Å². The zero-order valence-corrected chi connectivity index (χ0v) is 14.3. The fourth-order valence-electron chi connectivity index (χ4n) is 3.52. The Hall–Kier alpha value is -2.65. The molecular formula is C18H17ClN4O2. The Labute approximate surface area is 150 Å². The Morgan fingerprint density at radius 1 is 1.36 bits per heavy atom. The summed E-state index contributed by atoms with van der Waals surface area (Å²) in [5, 5.41) is 19.6. The van der Waals surface area contributed by atoms with Gasteiger partial charge in [-0.1, -0.05) is 36.6 Å². The van der Waals surface area contributed by atoms with Gasteiger partial charge < -0.3 is 5.11 Å². The van der Waals surface area contributed by atoms with Crippen LogP contribution in [0.5, 0.6) is 0 Å². The monoisotopic (exact) mass is 356 g/mol. The van der Waals surface area contributed by atoms with Crippen molar-refractivity contribution in [1.29, 1.82) is 5.26 Å². The van der Waals surface area contributed by atoms with Crippen LogP contribution in [-0.4, -0.2) is 26.1 Å². The second kappa shape index (κ2) is 7.08. The summed E-state index contributed by atoms with van der Waals surface area (Å²) in [7, 11) is 0. The van der Waals surface area contributed by atoms with Gasteiger partial charge in [-0.05, 0) is 36.6 Å². The Morgan fingerprint density at radius 2 is 2.12 bits per heavy atom. The lowest BCUT2D eigenvalue weighted by Gasteiger charge is -2.39. The minimum atomic E-state index is -1.01. The van der Waals surface area contributed by atoms with Crippen molar-refractivity contribution in [2.24, 2.45) is 0 Å². The van der Waals surface area contributed by atoms with E-state index in [4.69, 9.17) is 16.9 Å². The number of amides is 1. The highest BCUT2D eigenvalue weighted by molar-refractivity contribution is 6.30. The second-order valence-corrected chi connectivity index (χ2v) is 6.55. The smallest absolute Gasteiger partial charge is 0.408 e. The summed E-state index contributed by atoms with van der Waals surface area (Å²) in [6.45, 7) is 0.210. The Bertz CT molecular complexity index is 828. The molecule has 0 atom stereocenters. The molecule has 0 spiro atoms. The quantitative estimate of drug-likeness (QED) is 0.895. The van der Waals surface area contributed by atoms with E-state index < -0.39 is 11.6 Å². The summed E-state index contributed by atoms with van der Waals surface area (Å²) >= 11 is 6.04. The van der Waals surface area contributed by atoms with Crippen molar-refractivity contribution in [3.63, 3.8) is 0 Å². The van der Waals surface area contributed by atoms with E-state index in [-0.39, 0.29) is 12.4 Å². The summed E-state index contributed by atoms with van der Waals surface area (Å²) < 4.78 is 0. The lowest BCUT2D eigenvalue weighted by Crippen LogP contribution is -2.47. The summed E-state index contributed by atoms with van der Waals surface area (Å²) in [6.07, 6.45) is 3.65. The molecule has 1 N–H and O–H groups in total. The van der Waals surface area contributed by atoms with Gasteiger partial charge in [-0.3, -0.25) is 4.90 Å². The summed E-state index contributed by atoms with van der Waals surface area (Å²) in [5.41, 5.74) is 0.652. The minimum Gasteiger partial charge on any atom is -0.465 e. The molecule has 0 bridgehead atoms. The van der Waals surface area contributed by atoms with Crippen LogP contribution >= 0.6 is 11.6 Å². The molecule has 1 fully saturated rings. The number of hydrogen-bond donors (Lipinski definition) is 1. The minimum absolute atomic E-state index is 0.0527. The van der Waals surface area contributed by atoms with Gasteiger partial charge in [-0.2, -0.15) is 5.26 Å². The molecule has 1 aromatic carbocycles. The van der Waals surface area contributed by atoms with Crippen LogP contribution in [0.25, 0.3) is 0 Å². The molecule has 1 aromatic heterocycles. The van der Waals surface area contributed by atoms with Crippen molar-refractivity contribution < 1.29 is 9.90 Å². The number of benzene rings is 1. The van der Waals surface area contributed by atoms with E-state index in [2.05, 4.69) is 9.97 Å². The fraction of sp³-hybridized carbons (Fsp3) is 0.333. The van der Waals surface area contributed by atoms with Gasteiger partial charge in [0.1, 0.15) is 6.07 Å². The Morgan fingerprint density at radius 3 is 2.76 bits per heavy atom. The van der Waals surface area contributed by atoms with Crippen LogP contribution in [0, 0.1) is 11.3 Å². The van der Waals surface area contributed by atoms with Crippen LogP contribution in [-0.2, 0) is 12.1 Å². The number of halogens is 1. The largest absolute Gasteiger partial charge is 0.465 e. The lowest BCUT2D eigenvalue weighted by atomic mass is 9.90. The average molecular weight is 357 g/mol. The molecule has 1 aliphatic rings. The van der Waals surface area contributed by atoms with Gasteiger partial charge in [-0.25, -0.2) is 14.8 Å². The third kappa shape index (κ3) is 3.42. The highest BCUT2D eigenvalue weighted by Gasteiger charge is 2.45. The normalized spacial score (nSPS) is 15.5. The van der Waals surface area contributed by atoms with Crippen LogP contribution in [0.2, 0.25) is 5.02 Å². The molecule has 2 aromatic rings. The highest BCUT2D eigenvalue weighted by Crippen LogP contribution is 2.44. The van der Waals surface area contributed by atoms with Crippen molar-refractivity contribution in [1.82, 2.24) is 14.9 Å². The molecule has 0 unspecified atom stereocenters. The number of nitrogens with zero attached hydrogens (tertiary/aromatic N) is 4. The van der Waals surface area contributed by atoms with E-state index in [1.54, 1.807) is 24.3 Å². The van der Waals surface area contributed by atoms with Crippen molar-refractivity contribution in [3.8, 4) is 6.07 Å². The number of carbonyl (C=O) groups is 1. The average Bonchev–Trinajstić information content (AvgIpc) is 3.10. The molecule has 128 valence electrons. The van der Waals surface area contributed by atoms with Crippen LogP contribution in [0.15, 0.2) is 36.5 Å². The molecule has 7 heteroatoms. The maximum absolute atomic E-state index is 12.1. The predicted molar refractivity (Wildman–Crippen MR) is 91.9 cm³/mol. The van der Waals surface area contributed by atoms with Crippen LogP contribution in [0.4, 0.5) is 4.79 Å². The van der Waals surface area contributed by atoms with Gasteiger partial charge in [0.15, 0.2) is 0 Å². The summed E-state index contributed by atoms with van der Waals surface area (Å²) in [5.74, 6) is 0.0527. The molecule has 3 rings (SSSR count). The van der Waals surface area contributed by atoms with Gasteiger partial charge in [0, 0.05) is 11.2 Å². The predicted octanol–water partition coefficient (Wildman–Crippen LogP) is 3.95. The van der Waals surface area contributed by atoms with Gasteiger partial charge >= 0.3 is 6.09 Å². The Balaban J connectivity index is 2.03. The van der Waals surface area contributed by atoms with Gasteiger partial charge in [0.05, 0.1) is 17.8 Å². The lowest BCUT2D eigenvalue weighted by molar-refractivity contribution is 0.0671. The topological polar surface area (TPSA) is 90.1 Å². The third-order valence-electron chi connectivity index (χ3n) is 4.64. The molecule has 25 heavy (non-hydrogen) atoms. The van der Waals surface area contributed by atoms with E-state index in [9.17, 15) is 9.90 Å². The van der Waals surface area contributed by atoms with Crippen molar-refractivity contribution >= 4 is 17.7 Å². The number of rotatable bonds is 4. The number of carboxylic acid groups (broad SMARTS) is 1. The maximum atomic E-state index is 12.1. The van der Waals surface area contributed by atoms with E-state index >= 15 is 0 Å². The second-order valence-electron chi connectivity index (χ2n) is 6.11. The first-order valence-corrected chi connectivity index (χ1v) is 8.41. The van der Waals surface area contributed by atoms with Crippen molar-refractivity contribution in [2.75, 3.05) is 0 Å². The van der Waals surface area contributed by atoms with Gasteiger partial charge in [0.25, 0.3) is 0 Å². The van der Waals surface area contributed by atoms with Gasteiger partial charge in [0.2, 0.25) is 5.82 Å². The van der Waals surface area contributed by atoms with Crippen molar-refractivity contribution in [2.45, 2.75) is 37.8 Å². The Kier molecular flexibility index (Phi) is 4.86. The third-order valence-corrected chi connectivity index (χ3v) is 4.88. The SMILES string of the molecule is N#Cc1nccc(C2(N(Cc3cccc(Cl)c3)C(=O)O)CCCC2)n1. The van der Waals surface area contributed by atoms with Crippen LogP contribution < -0.4 is 0 Å². The van der Waals surface area contributed by atoms with E-state index in [1.807, 2.05) is 12.1 Å². The first kappa shape index (κ1) is 17.2. The molecule has 1 aliphatic carbocycles. The summed E-state index contributed by atoms with van der Waals surface area (Å²) in [6, 6.07) is 10.8. The first-order valence-electron chi connectivity index (χ1n) is 8.04. The molecule has 1 saturated carbocycles.